The Labute approximate surface area is 190 Å². The van der Waals surface area contributed by atoms with Gasteiger partial charge in [-0.2, -0.15) is 4.31 Å². The van der Waals surface area contributed by atoms with Crippen molar-refractivity contribution in [3.8, 4) is 0 Å². The van der Waals surface area contributed by atoms with Crippen molar-refractivity contribution in [1.82, 2.24) is 14.1 Å². The largest absolute Gasteiger partial charge is 0.332 e. The SMILES string of the molecule is CCS(=O)(=O)N(CCN1CCCC1)CC(=O)N(Cc1ccccc1)Cc1sccc1C. The number of amides is 1. The van der Waals surface area contributed by atoms with Gasteiger partial charge in [0.15, 0.2) is 0 Å². The van der Waals surface area contributed by atoms with E-state index in [0.717, 1.165) is 41.9 Å². The van der Waals surface area contributed by atoms with Crippen LogP contribution in [-0.4, -0.2) is 66.9 Å². The molecule has 6 nitrogen and oxygen atoms in total. The molecular formula is C23H33N3O3S2. The van der Waals surface area contributed by atoms with Gasteiger partial charge >= 0.3 is 0 Å². The van der Waals surface area contributed by atoms with E-state index in [0.29, 0.717) is 26.2 Å². The summed E-state index contributed by atoms with van der Waals surface area (Å²) < 4.78 is 26.8. The highest BCUT2D eigenvalue weighted by Gasteiger charge is 2.27. The minimum absolute atomic E-state index is 0.00297. The number of hydrogen-bond donors (Lipinski definition) is 0. The lowest BCUT2D eigenvalue weighted by molar-refractivity contribution is -0.132. The zero-order valence-electron chi connectivity index (χ0n) is 18.5. The molecule has 0 saturated carbocycles. The van der Waals surface area contributed by atoms with Crippen molar-refractivity contribution in [2.75, 3.05) is 38.5 Å². The Morgan fingerprint density at radius 1 is 1.10 bits per heavy atom. The van der Waals surface area contributed by atoms with Crippen LogP contribution in [-0.2, 0) is 27.9 Å². The summed E-state index contributed by atoms with van der Waals surface area (Å²) in [6, 6.07) is 11.9. The Bertz CT molecular complexity index is 938. The highest BCUT2D eigenvalue weighted by molar-refractivity contribution is 7.89. The maximum atomic E-state index is 13.4. The Hall–Kier alpha value is -1.74. The average Bonchev–Trinajstić information content (AvgIpc) is 3.43. The number of hydrogen-bond acceptors (Lipinski definition) is 5. The average molecular weight is 464 g/mol. The van der Waals surface area contributed by atoms with E-state index in [1.54, 1.807) is 23.2 Å². The van der Waals surface area contributed by atoms with Crippen LogP contribution in [0.1, 0.15) is 35.8 Å². The summed E-state index contributed by atoms with van der Waals surface area (Å²) in [5.74, 6) is -0.154. The van der Waals surface area contributed by atoms with Crippen molar-refractivity contribution >= 4 is 27.3 Å². The van der Waals surface area contributed by atoms with Crippen LogP contribution in [0.25, 0.3) is 0 Å². The second-order valence-electron chi connectivity index (χ2n) is 8.05. The highest BCUT2D eigenvalue weighted by atomic mass is 32.2. The van der Waals surface area contributed by atoms with Gasteiger partial charge in [0.05, 0.1) is 18.8 Å². The molecule has 0 spiro atoms. The van der Waals surface area contributed by atoms with Crippen LogP contribution in [0.4, 0.5) is 0 Å². The molecule has 3 rings (SSSR count). The fourth-order valence-electron chi connectivity index (χ4n) is 3.78. The Balaban J connectivity index is 1.75. The first kappa shape index (κ1) is 23.9. The summed E-state index contributed by atoms with van der Waals surface area (Å²) in [6.07, 6.45) is 2.31. The second kappa shape index (κ2) is 11.2. The first-order valence-electron chi connectivity index (χ1n) is 10.9. The molecule has 0 radical (unpaired) electrons. The smallest absolute Gasteiger partial charge is 0.238 e. The van der Waals surface area contributed by atoms with Gasteiger partial charge in [-0.3, -0.25) is 4.79 Å². The second-order valence-corrected chi connectivity index (χ2v) is 11.3. The van der Waals surface area contributed by atoms with Crippen LogP contribution >= 0.6 is 11.3 Å². The topological polar surface area (TPSA) is 60.9 Å². The van der Waals surface area contributed by atoms with Crippen LogP contribution in [0, 0.1) is 6.92 Å². The predicted molar refractivity (Wildman–Crippen MR) is 126 cm³/mol. The molecule has 8 heteroatoms. The molecule has 1 amide bonds. The summed E-state index contributed by atoms with van der Waals surface area (Å²) in [7, 11) is -3.46. The van der Waals surface area contributed by atoms with E-state index in [-0.39, 0.29) is 18.2 Å². The molecule has 1 aliphatic rings. The number of benzene rings is 1. The van der Waals surface area contributed by atoms with Gasteiger partial charge in [-0.05, 0) is 62.4 Å². The van der Waals surface area contributed by atoms with Gasteiger partial charge in [-0.1, -0.05) is 30.3 Å². The molecule has 0 bridgehead atoms. The quantitative estimate of drug-likeness (QED) is 0.513. The number of carbonyl (C=O) groups excluding carboxylic acids is 1. The lowest BCUT2D eigenvalue weighted by Crippen LogP contribution is -2.45. The molecule has 0 N–H and O–H groups in total. The normalized spacial score (nSPS) is 14.9. The van der Waals surface area contributed by atoms with E-state index in [2.05, 4.69) is 11.0 Å². The van der Waals surface area contributed by atoms with Gasteiger partial charge in [-0.15, -0.1) is 11.3 Å². The minimum atomic E-state index is -3.46. The maximum absolute atomic E-state index is 13.4. The molecule has 2 aromatic rings. The third kappa shape index (κ3) is 6.87. The highest BCUT2D eigenvalue weighted by Crippen LogP contribution is 2.20. The molecule has 0 aliphatic carbocycles. The van der Waals surface area contributed by atoms with E-state index >= 15 is 0 Å². The van der Waals surface area contributed by atoms with Crippen LogP contribution < -0.4 is 0 Å². The van der Waals surface area contributed by atoms with Crippen molar-refractivity contribution in [2.45, 2.75) is 39.8 Å². The lowest BCUT2D eigenvalue weighted by Gasteiger charge is -2.28. The monoisotopic (exact) mass is 463 g/mol. The summed E-state index contributed by atoms with van der Waals surface area (Å²) in [5, 5.41) is 2.03. The van der Waals surface area contributed by atoms with E-state index in [1.165, 1.54) is 4.31 Å². The minimum Gasteiger partial charge on any atom is -0.332 e. The van der Waals surface area contributed by atoms with Crippen molar-refractivity contribution in [1.29, 1.82) is 0 Å². The van der Waals surface area contributed by atoms with E-state index in [9.17, 15) is 13.2 Å². The van der Waals surface area contributed by atoms with Crippen molar-refractivity contribution in [3.63, 3.8) is 0 Å². The molecule has 1 saturated heterocycles. The molecule has 2 heterocycles. The Kier molecular flexibility index (Phi) is 8.66. The molecule has 0 unspecified atom stereocenters. The first-order chi connectivity index (χ1) is 14.9. The number of likely N-dealkylation sites (tertiary alicyclic amines) is 1. The summed E-state index contributed by atoms with van der Waals surface area (Å²) >= 11 is 1.63. The number of nitrogens with zero attached hydrogens (tertiary/aromatic N) is 3. The molecule has 170 valence electrons. The van der Waals surface area contributed by atoms with Gasteiger partial charge in [0.2, 0.25) is 15.9 Å². The Morgan fingerprint density at radius 2 is 1.81 bits per heavy atom. The predicted octanol–water partition coefficient (Wildman–Crippen LogP) is 3.33. The molecule has 1 fully saturated rings. The van der Waals surface area contributed by atoms with Crippen molar-refractivity contribution in [2.24, 2.45) is 0 Å². The van der Waals surface area contributed by atoms with E-state index in [4.69, 9.17) is 0 Å². The number of aryl methyl sites for hydroxylation is 1. The van der Waals surface area contributed by atoms with Gasteiger partial charge < -0.3 is 9.80 Å². The van der Waals surface area contributed by atoms with Crippen molar-refractivity contribution in [3.05, 3.63) is 57.8 Å². The van der Waals surface area contributed by atoms with Crippen LogP contribution in [0.15, 0.2) is 41.8 Å². The van der Waals surface area contributed by atoms with E-state index < -0.39 is 10.0 Å². The number of carbonyl (C=O) groups is 1. The van der Waals surface area contributed by atoms with Crippen molar-refractivity contribution < 1.29 is 13.2 Å². The van der Waals surface area contributed by atoms with Gasteiger partial charge in [0, 0.05) is 24.5 Å². The van der Waals surface area contributed by atoms with Crippen LogP contribution in [0.5, 0.6) is 0 Å². The van der Waals surface area contributed by atoms with E-state index in [1.807, 2.05) is 42.6 Å². The number of thiophene rings is 1. The molecule has 0 atom stereocenters. The first-order valence-corrected chi connectivity index (χ1v) is 13.4. The standard InChI is InChI=1S/C23H33N3O3S2/c1-3-31(28,29)26(15-14-24-12-7-8-13-24)19-23(27)25(17-21-9-5-4-6-10-21)18-22-20(2)11-16-30-22/h4-6,9-11,16H,3,7-8,12-15,17-19H2,1-2H3. The lowest BCUT2D eigenvalue weighted by atomic mass is 10.2. The number of sulfonamides is 1. The molecule has 1 aliphatic heterocycles. The van der Waals surface area contributed by atoms with Gasteiger partial charge in [-0.25, -0.2) is 8.42 Å². The zero-order valence-corrected chi connectivity index (χ0v) is 20.1. The van der Waals surface area contributed by atoms with Gasteiger partial charge in [0.1, 0.15) is 0 Å². The van der Waals surface area contributed by atoms with Gasteiger partial charge in [0.25, 0.3) is 0 Å². The van der Waals surface area contributed by atoms with Crippen LogP contribution in [0.2, 0.25) is 0 Å². The third-order valence-corrected chi connectivity index (χ3v) is 8.64. The van der Waals surface area contributed by atoms with Crippen LogP contribution in [0.3, 0.4) is 0 Å². The molecular weight excluding hydrogens is 430 g/mol. The number of rotatable bonds is 11. The fourth-order valence-corrected chi connectivity index (χ4v) is 5.74. The maximum Gasteiger partial charge on any atom is 0.238 e. The Morgan fingerprint density at radius 3 is 2.42 bits per heavy atom. The summed E-state index contributed by atoms with van der Waals surface area (Å²) in [4.78, 5) is 18.6. The molecule has 31 heavy (non-hydrogen) atoms. The zero-order chi connectivity index (χ0) is 22.3. The summed E-state index contributed by atoms with van der Waals surface area (Å²) in [6.45, 7) is 7.57. The third-order valence-electron chi connectivity index (χ3n) is 5.81. The molecule has 1 aromatic carbocycles. The fraction of sp³-hybridized carbons (Fsp3) is 0.522. The molecule has 1 aromatic heterocycles. The summed E-state index contributed by atoms with van der Waals surface area (Å²) in [5.41, 5.74) is 2.19.